The summed E-state index contributed by atoms with van der Waals surface area (Å²) in [5, 5.41) is 17.4. The van der Waals surface area contributed by atoms with E-state index in [4.69, 9.17) is 16.7 Å². The predicted molar refractivity (Wildman–Crippen MR) is 75.3 cm³/mol. The summed E-state index contributed by atoms with van der Waals surface area (Å²) in [6.07, 6.45) is 1.30. The van der Waals surface area contributed by atoms with Crippen LogP contribution < -0.4 is 5.56 Å². The van der Waals surface area contributed by atoms with Crippen molar-refractivity contribution in [3.05, 3.63) is 52.0 Å². The van der Waals surface area contributed by atoms with E-state index in [1.165, 1.54) is 10.8 Å². The van der Waals surface area contributed by atoms with Crippen LogP contribution in [0.5, 0.6) is 0 Å². The number of fused-ring (bicyclic) bond motifs is 1. The Kier molecular flexibility index (Phi) is 3.19. The highest BCUT2D eigenvalue weighted by atomic mass is 35.5. The zero-order valence-electron chi connectivity index (χ0n) is 10.6. The number of carbonyl (C=O) groups is 1. The molecule has 1 aromatic carbocycles. The Hall–Kier alpha value is -2.67. The summed E-state index contributed by atoms with van der Waals surface area (Å²) >= 11 is 5.83. The molecule has 7 nitrogen and oxygen atoms in total. The average Bonchev–Trinajstić information content (AvgIpc) is 2.87. The van der Waals surface area contributed by atoms with E-state index in [1.807, 2.05) is 0 Å². The summed E-state index contributed by atoms with van der Waals surface area (Å²) in [4.78, 5) is 22.8. The monoisotopic (exact) mass is 304 g/mol. The molecule has 2 heterocycles. The smallest absolute Gasteiger partial charge is 0.325 e. The van der Waals surface area contributed by atoms with Crippen LogP contribution in [-0.2, 0) is 11.3 Å². The SMILES string of the molecule is O=C(O)Cn1ncn2nc(-c3ccc(Cl)cc3)cc2c1=O. The number of aromatic nitrogens is 4. The lowest BCUT2D eigenvalue weighted by atomic mass is 10.1. The number of carboxylic acid groups (broad SMARTS) is 1. The van der Waals surface area contributed by atoms with Crippen molar-refractivity contribution in [1.29, 1.82) is 0 Å². The zero-order valence-corrected chi connectivity index (χ0v) is 11.4. The molecule has 0 aliphatic carbocycles. The fraction of sp³-hybridized carbons (Fsp3) is 0.0769. The molecule has 0 saturated heterocycles. The highest BCUT2D eigenvalue weighted by Crippen LogP contribution is 2.20. The molecule has 0 amide bonds. The molecule has 0 aliphatic heterocycles. The molecule has 0 radical (unpaired) electrons. The van der Waals surface area contributed by atoms with Crippen molar-refractivity contribution in [3.8, 4) is 11.3 Å². The molecule has 0 atom stereocenters. The lowest BCUT2D eigenvalue weighted by molar-refractivity contribution is -0.138. The molecule has 0 unspecified atom stereocenters. The second-order valence-electron chi connectivity index (χ2n) is 4.35. The third-order valence-corrected chi connectivity index (χ3v) is 3.17. The van der Waals surface area contributed by atoms with E-state index in [0.29, 0.717) is 10.7 Å². The van der Waals surface area contributed by atoms with Gasteiger partial charge in [0, 0.05) is 10.6 Å². The Morgan fingerprint density at radius 1 is 1.29 bits per heavy atom. The first kappa shape index (κ1) is 13.3. The third kappa shape index (κ3) is 2.50. The Balaban J connectivity index is 2.12. The van der Waals surface area contributed by atoms with Crippen LogP contribution in [0.4, 0.5) is 0 Å². The number of carboxylic acids is 1. The molecule has 3 rings (SSSR count). The van der Waals surface area contributed by atoms with Crippen molar-refractivity contribution in [2.45, 2.75) is 6.54 Å². The van der Waals surface area contributed by atoms with Gasteiger partial charge in [-0.15, -0.1) is 0 Å². The fourth-order valence-electron chi connectivity index (χ4n) is 1.94. The van der Waals surface area contributed by atoms with E-state index in [1.54, 1.807) is 30.3 Å². The number of hydrogen-bond acceptors (Lipinski definition) is 4. The molecule has 21 heavy (non-hydrogen) atoms. The summed E-state index contributed by atoms with van der Waals surface area (Å²) in [5.74, 6) is -1.13. The number of hydrogen-bond donors (Lipinski definition) is 1. The average molecular weight is 305 g/mol. The lowest BCUT2D eigenvalue weighted by Gasteiger charge is -1.99. The summed E-state index contributed by atoms with van der Waals surface area (Å²) in [6, 6.07) is 8.61. The summed E-state index contributed by atoms with van der Waals surface area (Å²) in [7, 11) is 0. The third-order valence-electron chi connectivity index (χ3n) is 2.91. The molecular formula is C13H9ClN4O3. The lowest BCUT2D eigenvalue weighted by Crippen LogP contribution is -2.27. The molecule has 2 aromatic heterocycles. The first-order valence-corrected chi connectivity index (χ1v) is 6.35. The summed E-state index contributed by atoms with van der Waals surface area (Å²) < 4.78 is 2.20. The molecule has 0 bridgehead atoms. The minimum atomic E-state index is -1.13. The molecule has 0 saturated carbocycles. The second-order valence-corrected chi connectivity index (χ2v) is 4.79. The van der Waals surface area contributed by atoms with Crippen LogP contribution in [0.25, 0.3) is 16.8 Å². The van der Waals surface area contributed by atoms with Gasteiger partial charge in [0.1, 0.15) is 18.4 Å². The van der Waals surface area contributed by atoms with Gasteiger partial charge in [-0.05, 0) is 18.2 Å². The van der Waals surface area contributed by atoms with Gasteiger partial charge in [-0.2, -0.15) is 10.2 Å². The van der Waals surface area contributed by atoms with Crippen LogP contribution >= 0.6 is 11.6 Å². The number of nitrogens with zero attached hydrogens (tertiary/aromatic N) is 4. The Morgan fingerprint density at radius 3 is 2.67 bits per heavy atom. The van der Waals surface area contributed by atoms with Crippen molar-refractivity contribution in [2.75, 3.05) is 0 Å². The zero-order chi connectivity index (χ0) is 15.0. The van der Waals surface area contributed by atoms with E-state index in [2.05, 4.69) is 10.2 Å². The highest BCUT2D eigenvalue weighted by molar-refractivity contribution is 6.30. The molecule has 0 fully saturated rings. The van der Waals surface area contributed by atoms with E-state index >= 15 is 0 Å². The predicted octanol–water partition coefficient (Wildman–Crippen LogP) is 1.30. The fourth-order valence-corrected chi connectivity index (χ4v) is 2.07. The van der Waals surface area contributed by atoms with E-state index in [9.17, 15) is 9.59 Å². The Morgan fingerprint density at radius 2 is 2.00 bits per heavy atom. The topological polar surface area (TPSA) is 89.5 Å². The van der Waals surface area contributed by atoms with Gasteiger partial charge in [0.2, 0.25) is 0 Å². The summed E-state index contributed by atoms with van der Waals surface area (Å²) in [6.45, 7) is -0.489. The molecule has 3 aromatic rings. The molecule has 0 spiro atoms. The van der Waals surface area contributed by atoms with Gasteiger partial charge in [0.05, 0.1) is 5.69 Å². The van der Waals surface area contributed by atoms with Crippen molar-refractivity contribution in [2.24, 2.45) is 0 Å². The maximum atomic E-state index is 12.1. The normalized spacial score (nSPS) is 10.9. The van der Waals surface area contributed by atoms with Crippen molar-refractivity contribution in [3.63, 3.8) is 0 Å². The Labute approximate surface area is 123 Å². The minimum absolute atomic E-state index is 0.260. The molecular weight excluding hydrogens is 296 g/mol. The van der Waals surface area contributed by atoms with Crippen LogP contribution in [-0.4, -0.2) is 30.5 Å². The number of halogens is 1. The van der Waals surface area contributed by atoms with Gasteiger partial charge in [-0.25, -0.2) is 9.20 Å². The summed E-state index contributed by atoms with van der Waals surface area (Å²) in [5.41, 5.74) is 1.13. The van der Waals surface area contributed by atoms with Gasteiger partial charge in [0.25, 0.3) is 5.56 Å². The number of rotatable bonds is 3. The standard InChI is InChI=1S/C13H9ClN4O3/c14-9-3-1-8(2-4-9)10-5-11-13(21)17(6-12(19)20)15-7-18(11)16-10/h1-5,7H,6H2,(H,19,20). The van der Waals surface area contributed by atoms with E-state index in [0.717, 1.165) is 10.2 Å². The quantitative estimate of drug-likeness (QED) is 0.787. The van der Waals surface area contributed by atoms with Crippen molar-refractivity contribution < 1.29 is 9.90 Å². The number of benzene rings is 1. The maximum absolute atomic E-state index is 12.1. The van der Waals surface area contributed by atoms with Gasteiger partial charge in [-0.1, -0.05) is 23.7 Å². The first-order valence-electron chi connectivity index (χ1n) is 5.98. The van der Waals surface area contributed by atoms with Crippen molar-refractivity contribution in [1.82, 2.24) is 19.4 Å². The van der Waals surface area contributed by atoms with Gasteiger partial charge < -0.3 is 5.11 Å². The van der Waals surface area contributed by atoms with Gasteiger partial charge in [-0.3, -0.25) is 9.59 Å². The van der Waals surface area contributed by atoms with Crippen LogP contribution in [0, 0.1) is 0 Å². The number of aliphatic carboxylic acids is 1. The van der Waals surface area contributed by atoms with Crippen LogP contribution in [0.15, 0.2) is 41.5 Å². The maximum Gasteiger partial charge on any atom is 0.325 e. The van der Waals surface area contributed by atoms with Gasteiger partial charge in [0.15, 0.2) is 0 Å². The molecule has 106 valence electrons. The second kappa shape index (κ2) is 5.02. The van der Waals surface area contributed by atoms with E-state index < -0.39 is 18.1 Å². The molecule has 1 N–H and O–H groups in total. The highest BCUT2D eigenvalue weighted by Gasteiger charge is 2.11. The minimum Gasteiger partial charge on any atom is -0.480 e. The van der Waals surface area contributed by atoms with Crippen LogP contribution in [0.3, 0.4) is 0 Å². The first-order chi connectivity index (χ1) is 10.0. The van der Waals surface area contributed by atoms with E-state index in [-0.39, 0.29) is 5.52 Å². The Bertz CT molecular complexity index is 883. The molecule has 8 heteroatoms. The van der Waals surface area contributed by atoms with Crippen molar-refractivity contribution >= 4 is 23.1 Å². The molecule has 0 aliphatic rings. The largest absolute Gasteiger partial charge is 0.480 e. The van der Waals surface area contributed by atoms with Gasteiger partial charge >= 0.3 is 5.97 Å². The van der Waals surface area contributed by atoms with Crippen LogP contribution in [0.2, 0.25) is 5.02 Å². The van der Waals surface area contributed by atoms with Crippen LogP contribution in [0.1, 0.15) is 0 Å².